The molecule has 7 nitrogen and oxygen atoms in total. The Morgan fingerprint density at radius 3 is 2.46 bits per heavy atom. The predicted octanol–water partition coefficient (Wildman–Crippen LogP) is 2.71. The van der Waals surface area contributed by atoms with Crippen molar-refractivity contribution in [2.45, 2.75) is 26.7 Å². The first-order valence-corrected chi connectivity index (χ1v) is 9.12. The van der Waals surface area contributed by atoms with Gasteiger partial charge in [0.25, 0.3) is 5.91 Å². The van der Waals surface area contributed by atoms with Gasteiger partial charge in [-0.1, -0.05) is 6.92 Å². The number of halogens is 1. The Morgan fingerprint density at radius 1 is 1.15 bits per heavy atom. The molecule has 1 rings (SSSR count). The fourth-order valence-electron chi connectivity index (χ4n) is 2.41. The van der Waals surface area contributed by atoms with Gasteiger partial charge in [-0.15, -0.1) is 11.6 Å². The van der Waals surface area contributed by atoms with E-state index in [2.05, 4.69) is 10.6 Å². The van der Waals surface area contributed by atoms with Crippen molar-refractivity contribution in [3.63, 3.8) is 0 Å². The molecule has 0 aliphatic rings. The van der Waals surface area contributed by atoms with Crippen LogP contribution in [0.25, 0.3) is 0 Å². The second kappa shape index (κ2) is 11.4. The Kier molecular flexibility index (Phi) is 9.51. The SMILES string of the molecule is CCCN(CCC(=O)OCC)C(=O)c1ccc(NC)c(NC(=O)CCl)c1. The minimum Gasteiger partial charge on any atom is -0.466 e. The average molecular weight is 384 g/mol. The van der Waals surface area contributed by atoms with Crippen LogP contribution in [0.15, 0.2) is 18.2 Å². The Hall–Kier alpha value is -2.28. The zero-order chi connectivity index (χ0) is 19.5. The number of esters is 1. The molecule has 0 aliphatic carbocycles. The van der Waals surface area contributed by atoms with Crippen LogP contribution in [0.3, 0.4) is 0 Å². The van der Waals surface area contributed by atoms with E-state index in [0.717, 1.165) is 6.42 Å². The monoisotopic (exact) mass is 383 g/mol. The minimum absolute atomic E-state index is 0.143. The van der Waals surface area contributed by atoms with Crippen LogP contribution in [-0.4, -0.2) is 55.3 Å². The number of benzene rings is 1. The molecule has 1 aromatic rings. The number of carbonyl (C=O) groups excluding carboxylic acids is 3. The van der Waals surface area contributed by atoms with E-state index in [4.69, 9.17) is 16.3 Å². The van der Waals surface area contributed by atoms with Crippen molar-refractivity contribution >= 4 is 40.8 Å². The molecule has 0 aromatic heterocycles. The highest BCUT2D eigenvalue weighted by atomic mass is 35.5. The second-order valence-corrected chi connectivity index (χ2v) is 5.81. The summed E-state index contributed by atoms with van der Waals surface area (Å²) in [5, 5.41) is 5.62. The van der Waals surface area contributed by atoms with E-state index in [1.165, 1.54) is 0 Å². The number of anilines is 2. The van der Waals surface area contributed by atoms with Crippen molar-refractivity contribution in [3.8, 4) is 0 Å². The summed E-state index contributed by atoms with van der Waals surface area (Å²) in [6, 6.07) is 5.00. The molecule has 0 saturated carbocycles. The number of carbonyl (C=O) groups is 3. The second-order valence-electron chi connectivity index (χ2n) is 5.54. The van der Waals surface area contributed by atoms with Gasteiger partial charge in [0.15, 0.2) is 0 Å². The van der Waals surface area contributed by atoms with Crippen LogP contribution < -0.4 is 10.6 Å². The van der Waals surface area contributed by atoms with Crippen LogP contribution in [0.2, 0.25) is 0 Å². The van der Waals surface area contributed by atoms with Gasteiger partial charge in [0.1, 0.15) is 5.88 Å². The van der Waals surface area contributed by atoms with Gasteiger partial charge in [0.05, 0.1) is 24.4 Å². The number of rotatable bonds is 10. The zero-order valence-corrected chi connectivity index (χ0v) is 16.2. The fourth-order valence-corrected chi connectivity index (χ4v) is 2.48. The molecule has 0 radical (unpaired) electrons. The number of nitrogens with zero attached hydrogens (tertiary/aromatic N) is 1. The van der Waals surface area contributed by atoms with Crippen molar-refractivity contribution in [1.29, 1.82) is 0 Å². The van der Waals surface area contributed by atoms with Crippen LogP contribution in [0, 0.1) is 0 Å². The molecule has 0 fully saturated rings. The van der Waals surface area contributed by atoms with Gasteiger partial charge in [-0.25, -0.2) is 0 Å². The molecule has 1 aromatic carbocycles. The summed E-state index contributed by atoms with van der Waals surface area (Å²) in [4.78, 5) is 37.6. The summed E-state index contributed by atoms with van der Waals surface area (Å²) in [5.74, 6) is -1.08. The lowest BCUT2D eigenvalue weighted by Crippen LogP contribution is -2.34. The van der Waals surface area contributed by atoms with Gasteiger partial charge >= 0.3 is 5.97 Å². The lowest BCUT2D eigenvalue weighted by Gasteiger charge is -2.22. The molecule has 0 spiro atoms. The van der Waals surface area contributed by atoms with Gasteiger partial charge in [-0.05, 0) is 31.5 Å². The van der Waals surface area contributed by atoms with E-state index in [1.54, 1.807) is 37.1 Å². The normalized spacial score (nSPS) is 10.2. The van der Waals surface area contributed by atoms with Crippen LogP contribution in [-0.2, 0) is 14.3 Å². The van der Waals surface area contributed by atoms with Gasteiger partial charge in [0.2, 0.25) is 5.91 Å². The number of hydrogen-bond acceptors (Lipinski definition) is 5. The van der Waals surface area contributed by atoms with E-state index in [1.807, 2.05) is 6.92 Å². The zero-order valence-electron chi connectivity index (χ0n) is 15.4. The van der Waals surface area contributed by atoms with Gasteiger partial charge in [0, 0.05) is 25.7 Å². The summed E-state index contributed by atoms with van der Waals surface area (Å²) >= 11 is 5.54. The third-order valence-electron chi connectivity index (χ3n) is 3.60. The van der Waals surface area contributed by atoms with E-state index < -0.39 is 0 Å². The first-order chi connectivity index (χ1) is 12.5. The molecule has 0 saturated heterocycles. The lowest BCUT2D eigenvalue weighted by molar-refractivity contribution is -0.143. The predicted molar refractivity (Wildman–Crippen MR) is 103 cm³/mol. The van der Waals surface area contributed by atoms with Crippen LogP contribution in [0.1, 0.15) is 37.0 Å². The first kappa shape index (κ1) is 21.8. The number of nitrogens with one attached hydrogen (secondary N) is 2. The Bertz CT molecular complexity index is 637. The maximum absolute atomic E-state index is 12.8. The molecule has 0 bridgehead atoms. The summed E-state index contributed by atoms with van der Waals surface area (Å²) < 4.78 is 4.92. The minimum atomic E-state index is -0.361. The highest BCUT2D eigenvalue weighted by Crippen LogP contribution is 2.24. The Labute approximate surface area is 159 Å². The summed E-state index contributed by atoms with van der Waals surface area (Å²) in [6.45, 7) is 4.82. The molecule has 0 aliphatic heterocycles. The Balaban J connectivity index is 2.97. The van der Waals surface area contributed by atoms with Crippen LogP contribution in [0.5, 0.6) is 0 Å². The number of ether oxygens (including phenoxy) is 1. The molecular weight excluding hydrogens is 358 g/mol. The molecule has 0 atom stereocenters. The van der Waals surface area contributed by atoms with Gasteiger partial charge in [-0.2, -0.15) is 0 Å². The molecule has 0 unspecified atom stereocenters. The maximum atomic E-state index is 12.8. The molecule has 2 N–H and O–H groups in total. The topological polar surface area (TPSA) is 87.7 Å². The maximum Gasteiger partial charge on any atom is 0.307 e. The molecule has 0 heterocycles. The van der Waals surface area contributed by atoms with Crippen molar-refractivity contribution in [2.75, 3.05) is 43.3 Å². The summed E-state index contributed by atoms with van der Waals surface area (Å²) in [6.07, 6.45) is 0.906. The highest BCUT2D eigenvalue weighted by Gasteiger charge is 2.18. The lowest BCUT2D eigenvalue weighted by atomic mass is 10.1. The third kappa shape index (κ3) is 6.55. The van der Waals surface area contributed by atoms with Gasteiger partial charge < -0.3 is 20.3 Å². The van der Waals surface area contributed by atoms with Gasteiger partial charge in [-0.3, -0.25) is 14.4 Å². The average Bonchev–Trinajstić information content (AvgIpc) is 2.64. The van der Waals surface area contributed by atoms with Crippen molar-refractivity contribution in [1.82, 2.24) is 4.90 Å². The standard InChI is InChI=1S/C18H26ClN3O4/c1-4-9-22(10-8-17(24)26-5-2)18(25)13-6-7-14(20-3)15(11-13)21-16(23)12-19/h6-7,11,20H,4-5,8-10,12H2,1-3H3,(H,21,23). The Morgan fingerprint density at radius 2 is 1.88 bits per heavy atom. The van der Waals surface area contributed by atoms with Crippen molar-refractivity contribution in [3.05, 3.63) is 23.8 Å². The van der Waals surface area contributed by atoms with Crippen LogP contribution >= 0.6 is 11.6 Å². The summed E-state index contributed by atoms with van der Waals surface area (Å²) in [5.41, 5.74) is 1.57. The molecule has 26 heavy (non-hydrogen) atoms. The molecule has 8 heteroatoms. The molecule has 144 valence electrons. The van der Waals surface area contributed by atoms with E-state index in [-0.39, 0.29) is 36.6 Å². The van der Waals surface area contributed by atoms with Crippen molar-refractivity contribution < 1.29 is 19.1 Å². The van der Waals surface area contributed by atoms with Crippen LogP contribution in [0.4, 0.5) is 11.4 Å². The summed E-state index contributed by atoms with van der Waals surface area (Å²) in [7, 11) is 1.72. The third-order valence-corrected chi connectivity index (χ3v) is 3.85. The molecule has 2 amide bonds. The fraction of sp³-hybridized carbons (Fsp3) is 0.500. The quantitative estimate of drug-likeness (QED) is 0.479. The smallest absolute Gasteiger partial charge is 0.307 e. The van der Waals surface area contributed by atoms with Crippen molar-refractivity contribution in [2.24, 2.45) is 0 Å². The number of hydrogen-bond donors (Lipinski definition) is 2. The molecular formula is C18H26ClN3O4. The first-order valence-electron chi connectivity index (χ1n) is 8.59. The largest absolute Gasteiger partial charge is 0.466 e. The van der Waals surface area contributed by atoms with E-state index in [9.17, 15) is 14.4 Å². The van der Waals surface area contributed by atoms with E-state index >= 15 is 0 Å². The highest BCUT2D eigenvalue weighted by molar-refractivity contribution is 6.29. The number of alkyl halides is 1. The number of amides is 2. The van der Waals surface area contributed by atoms with E-state index in [0.29, 0.717) is 30.1 Å².